The summed E-state index contributed by atoms with van der Waals surface area (Å²) in [6.45, 7) is 5.01. The van der Waals surface area contributed by atoms with E-state index in [2.05, 4.69) is 52.7 Å². The lowest BCUT2D eigenvalue weighted by Crippen LogP contribution is -2.16. The minimum Gasteiger partial charge on any atom is -0.354 e. The number of amides is 1. The molecule has 1 amide bonds. The van der Waals surface area contributed by atoms with E-state index in [1.54, 1.807) is 12.4 Å². The lowest BCUT2D eigenvalue weighted by atomic mass is 9.97. The Kier molecular flexibility index (Phi) is 7.18. The van der Waals surface area contributed by atoms with Crippen molar-refractivity contribution in [2.75, 3.05) is 17.2 Å². The van der Waals surface area contributed by atoms with Gasteiger partial charge in [-0.05, 0) is 56.1 Å². The molecule has 0 spiro atoms. The Balaban J connectivity index is 1.59. The number of aromatic nitrogens is 2. The molecule has 1 aromatic carbocycles. The summed E-state index contributed by atoms with van der Waals surface area (Å²) >= 11 is 0. The molecule has 0 atom stereocenters. The molecule has 148 valence electrons. The van der Waals surface area contributed by atoms with Crippen molar-refractivity contribution < 1.29 is 4.79 Å². The Morgan fingerprint density at radius 3 is 2.39 bits per heavy atom. The highest BCUT2D eigenvalue weighted by molar-refractivity contribution is 6.04. The minimum absolute atomic E-state index is 0.172. The molecule has 0 unspecified atom stereocenters. The van der Waals surface area contributed by atoms with Crippen molar-refractivity contribution >= 4 is 17.5 Å². The van der Waals surface area contributed by atoms with Crippen LogP contribution in [0.5, 0.6) is 0 Å². The molecule has 1 aliphatic rings. The van der Waals surface area contributed by atoms with Gasteiger partial charge in [-0.2, -0.15) is 0 Å². The lowest BCUT2D eigenvalue weighted by molar-refractivity contribution is 0.102. The van der Waals surface area contributed by atoms with Gasteiger partial charge in [0.05, 0.1) is 5.56 Å². The zero-order valence-electron chi connectivity index (χ0n) is 16.9. The number of carbonyl (C=O) groups excluding carboxylic acids is 1. The number of para-hydroxylation sites is 1. The molecule has 0 saturated heterocycles. The Bertz CT molecular complexity index is 805. The van der Waals surface area contributed by atoms with Gasteiger partial charge in [0.25, 0.3) is 5.91 Å². The van der Waals surface area contributed by atoms with E-state index in [0.717, 1.165) is 42.6 Å². The number of hydrogen-bond acceptors (Lipinski definition) is 4. The van der Waals surface area contributed by atoms with E-state index >= 15 is 0 Å². The minimum atomic E-state index is -0.172. The number of carbonyl (C=O) groups is 1. The molecule has 1 aliphatic carbocycles. The number of nitrogens with one attached hydrogen (secondary N) is 2. The molecule has 28 heavy (non-hydrogen) atoms. The Hall–Kier alpha value is -2.69. The van der Waals surface area contributed by atoms with Gasteiger partial charge in [0.2, 0.25) is 5.95 Å². The number of anilines is 2. The van der Waals surface area contributed by atoms with Gasteiger partial charge in [-0.3, -0.25) is 4.79 Å². The highest BCUT2D eigenvalue weighted by atomic mass is 16.1. The standard InChI is InChI=1S/C23H30N4O/c1-3-18-11-8-12-19(4-2)21(18)27-22(28)20-15-25-23(26-16-20)24-14-13-17-9-6-5-7-10-17/h8-9,11-12,15-16H,3-7,10,13-14H2,1-2H3,(H,27,28)(H,24,25,26). The molecule has 1 heterocycles. The monoisotopic (exact) mass is 378 g/mol. The van der Waals surface area contributed by atoms with Gasteiger partial charge >= 0.3 is 0 Å². The number of hydrogen-bond donors (Lipinski definition) is 2. The van der Waals surface area contributed by atoms with E-state index in [4.69, 9.17) is 0 Å². The zero-order chi connectivity index (χ0) is 19.8. The lowest BCUT2D eigenvalue weighted by Gasteiger charge is -2.14. The van der Waals surface area contributed by atoms with Crippen LogP contribution in [0.15, 0.2) is 42.2 Å². The smallest absolute Gasteiger partial charge is 0.258 e. The first-order chi connectivity index (χ1) is 13.7. The number of allylic oxidation sites excluding steroid dienone is 1. The van der Waals surface area contributed by atoms with Crippen LogP contribution in [0.2, 0.25) is 0 Å². The highest BCUT2D eigenvalue weighted by Gasteiger charge is 2.13. The molecule has 0 aliphatic heterocycles. The van der Waals surface area contributed by atoms with Crippen LogP contribution >= 0.6 is 0 Å². The third-order valence-corrected chi connectivity index (χ3v) is 5.27. The second-order valence-electron chi connectivity index (χ2n) is 7.19. The topological polar surface area (TPSA) is 66.9 Å². The number of aryl methyl sites for hydroxylation is 2. The predicted octanol–water partition coefficient (Wildman–Crippen LogP) is 5.16. The van der Waals surface area contributed by atoms with Crippen LogP contribution in [0, 0.1) is 0 Å². The van der Waals surface area contributed by atoms with Gasteiger partial charge < -0.3 is 10.6 Å². The first-order valence-corrected chi connectivity index (χ1v) is 10.4. The molecule has 2 N–H and O–H groups in total. The quantitative estimate of drug-likeness (QED) is 0.623. The van der Waals surface area contributed by atoms with Gasteiger partial charge in [-0.1, -0.05) is 43.7 Å². The van der Waals surface area contributed by atoms with Crippen molar-refractivity contribution in [2.45, 2.75) is 58.8 Å². The van der Waals surface area contributed by atoms with Crippen molar-refractivity contribution in [1.29, 1.82) is 0 Å². The van der Waals surface area contributed by atoms with Crippen LogP contribution in [0.3, 0.4) is 0 Å². The molecular weight excluding hydrogens is 348 g/mol. The highest BCUT2D eigenvalue weighted by Crippen LogP contribution is 2.23. The van der Waals surface area contributed by atoms with Crippen LogP contribution < -0.4 is 10.6 Å². The molecule has 0 radical (unpaired) electrons. The Labute approximate surface area is 167 Å². The maximum absolute atomic E-state index is 12.7. The number of benzene rings is 1. The van der Waals surface area contributed by atoms with E-state index in [0.29, 0.717) is 11.5 Å². The van der Waals surface area contributed by atoms with E-state index in [1.165, 1.54) is 31.3 Å². The summed E-state index contributed by atoms with van der Waals surface area (Å²) in [6, 6.07) is 6.15. The molecule has 3 rings (SSSR count). The second kappa shape index (κ2) is 10.0. The fourth-order valence-corrected chi connectivity index (χ4v) is 3.59. The molecule has 5 nitrogen and oxygen atoms in total. The van der Waals surface area contributed by atoms with Crippen LogP contribution in [-0.2, 0) is 12.8 Å². The van der Waals surface area contributed by atoms with E-state index in [-0.39, 0.29) is 5.91 Å². The SMILES string of the molecule is CCc1cccc(CC)c1NC(=O)c1cnc(NCCC2=CCCCC2)nc1. The molecule has 0 bridgehead atoms. The number of nitrogens with zero attached hydrogens (tertiary/aromatic N) is 2. The van der Waals surface area contributed by atoms with Gasteiger partial charge in [-0.15, -0.1) is 0 Å². The van der Waals surface area contributed by atoms with E-state index < -0.39 is 0 Å². The predicted molar refractivity (Wildman–Crippen MR) is 115 cm³/mol. The van der Waals surface area contributed by atoms with Crippen LogP contribution in [0.25, 0.3) is 0 Å². The van der Waals surface area contributed by atoms with Gasteiger partial charge in [0, 0.05) is 24.6 Å². The molecule has 5 heteroatoms. The van der Waals surface area contributed by atoms with Crippen LogP contribution in [0.1, 0.15) is 67.4 Å². The molecule has 1 aromatic heterocycles. The first kappa shape index (κ1) is 20.1. The maximum Gasteiger partial charge on any atom is 0.258 e. The fourth-order valence-electron chi connectivity index (χ4n) is 3.59. The largest absolute Gasteiger partial charge is 0.354 e. The summed E-state index contributed by atoms with van der Waals surface area (Å²) < 4.78 is 0. The van der Waals surface area contributed by atoms with Crippen LogP contribution in [-0.4, -0.2) is 22.4 Å². The van der Waals surface area contributed by atoms with Gasteiger partial charge in [0.15, 0.2) is 0 Å². The summed E-state index contributed by atoms with van der Waals surface area (Å²) in [4.78, 5) is 21.3. The average molecular weight is 379 g/mol. The third kappa shape index (κ3) is 5.18. The Morgan fingerprint density at radius 1 is 1.07 bits per heavy atom. The molecule has 2 aromatic rings. The first-order valence-electron chi connectivity index (χ1n) is 10.4. The van der Waals surface area contributed by atoms with Crippen LogP contribution in [0.4, 0.5) is 11.6 Å². The molecule has 0 fully saturated rings. The summed E-state index contributed by atoms with van der Waals surface area (Å²) in [5, 5.41) is 6.31. The summed E-state index contributed by atoms with van der Waals surface area (Å²) in [6.07, 6.45) is 13.3. The third-order valence-electron chi connectivity index (χ3n) is 5.27. The fraction of sp³-hybridized carbons (Fsp3) is 0.435. The second-order valence-corrected chi connectivity index (χ2v) is 7.19. The van der Waals surface area contributed by atoms with Crippen molar-refractivity contribution in [3.05, 3.63) is 58.9 Å². The summed E-state index contributed by atoms with van der Waals surface area (Å²) in [5.41, 5.74) is 5.19. The van der Waals surface area contributed by atoms with E-state index in [9.17, 15) is 4.79 Å². The zero-order valence-corrected chi connectivity index (χ0v) is 16.9. The molecular formula is C23H30N4O. The van der Waals surface area contributed by atoms with Crippen molar-refractivity contribution in [3.63, 3.8) is 0 Å². The normalized spacial score (nSPS) is 13.7. The maximum atomic E-state index is 12.7. The number of rotatable bonds is 8. The van der Waals surface area contributed by atoms with Gasteiger partial charge in [0.1, 0.15) is 0 Å². The average Bonchev–Trinajstić information content (AvgIpc) is 2.75. The van der Waals surface area contributed by atoms with Crippen molar-refractivity contribution in [2.24, 2.45) is 0 Å². The van der Waals surface area contributed by atoms with Crippen molar-refractivity contribution in [1.82, 2.24) is 9.97 Å². The summed E-state index contributed by atoms with van der Waals surface area (Å²) in [7, 11) is 0. The van der Waals surface area contributed by atoms with Gasteiger partial charge in [-0.25, -0.2) is 9.97 Å². The van der Waals surface area contributed by atoms with E-state index in [1.807, 2.05) is 6.07 Å². The molecule has 0 saturated carbocycles. The van der Waals surface area contributed by atoms with Crippen molar-refractivity contribution in [3.8, 4) is 0 Å². The summed E-state index contributed by atoms with van der Waals surface area (Å²) in [5.74, 6) is 0.394. The Morgan fingerprint density at radius 2 is 1.79 bits per heavy atom.